The van der Waals surface area contributed by atoms with E-state index >= 15 is 0 Å². The van der Waals surface area contributed by atoms with Gasteiger partial charge in [0.05, 0.1) is 6.54 Å². The lowest BCUT2D eigenvalue weighted by Gasteiger charge is -2.29. The van der Waals surface area contributed by atoms with Crippen LogP contribution < -0.4 is 5.32 Å². The third-order valence-electron chi connectivity index (χ3n) is 4.02. The lowest BCUT2D eigenvalue weighted by atomic mass is 10.2. The van der Waals surface area contributed by atoms with Gasteiger partial charge >= 0.3 is 0 Å². The molecule has 1 aliphatic heterocycles. The van der Waals surface area contributed by atoms with E-state index in [0.29, 0.717) is 13.1 Å². The topological polar surface area (TPSA) is 99.3 Å². The van der Waals surface area contributed by atoms with Gasteiger partial charge in [0, 0.05) is 47.1 Å². The zero-order chi connectivity index (χ0) is 18.3. The Kier molecular flexibility index (Phi) is 7.63. The number of likely N-dealkylation sites (N-methyl/N-ethyl adjacent to an activating group) is 2. The van der Waals surface area contributed by atoms with Crippen LogP contribution in [0.2, 0.25) is 0 Å². The second kappa shape index (κ2) is 9.21. The Morgan fingerprint density at radius 2 is 1.54 bits per heavy atom. The maximum absolute atomic E-state index is 12.3. The average molecular weight is 342 g/mol. The molecule has 0 saturated carbocycles. The molecule has 0 aliphatic carbocycles. The van der Waals surface area contributed by atoms with E-state index in [1.807, 2.05) is 0 Å². The SMILES string of the molecule is COCN1C(=O)CCC(=O)N(C)CCN(C)C(=O)CNC(=O)C1C. The first-order valence-corrected chi connectivity index (χ1v) is 7.82. The predicted octanol–water partition coefficient (Wildman–Crippen LogP) is -1.37. The van der Waals surface area contributed by atoms with Crippen LogP contribution in [-0.2, 0) is 23.9 Å². The Morgan fingerprint density at radius 3 is 2.12 bits per heavy atom. The Bertz CT molecular complexity index is 496. The van der Waals surface area contributed by atoms with Crippen LogP contribution in [0.1, 0.15) is 19.8 Å². The van der Waals surface area contributed by atoms with Crippen LogP contribution in [0, 0.1) is 0 Å². The summed E-state index contributed by atoms with van der Waals surface area (Å²) < 4.78 is 4.98. The number of amides is 4. The molecule has 9 nitrogen and oxygen atoms in total. The van der Waals surface area contributed by atoms with Gasteiger partial charge in [0.15, 0.2) is 0 Å². The van der Waals surface area contributed by atoms with Crippen LogP contribution in [0.3, 0.4) is 0 Å². The van der Waals surface area contributed by atoms with Crippen molar-refractivity contribution in [1.29, 1.82) is 0 Å². The molecule has 0 aromatic rings. The minimum atomic E-state index is -0.800. The van der Waals surface area contributed by atoms with Crippen LogP contribution in [0.5, 0.6) is 0 Å². The van der Waals surface area contributed by atoms with Crippen LogP contribution in [0.25, 0.3) is 0 Å². The molecule has 0 radical (unpaired) electrons. The molecule has 1 aliphatic rings. The van der Waals surface area contributed by atoms with Gasteiger partial charge in [-0.15, -0.1) is 0 Å². The maximum atomic E-state index is 12.3. The van der Waals surface area contributed by atoms with Gasteiger partial charge in [-0.25, -0.2) is 0 Å². The number of ether oxygens (including phenoxy) is 1. The number of methoxy groups -OCH3 is 1. The number of hydrogen-bond acceptors (Lipinski definition) is 5. The van der Waals surface area contributed by atoms with Crippen molar-refractivity contribution in [2.45, 2.75) is 25.8 Å². The van der Waals surface area contributed by atoms with Gasteiger partial charge in [-0.3, -0.25) is 19.2 Å². The van der Waals surface area contributed by atoms with Crippen LogP contribution in [0.15, 0.2) is 0 Å². The number of hydrogen-bond donors (Lipinski definition) is 1. The fourth-order valence-corrected chi connectivity index (χ4v) is 2.22. The Hall–Kier alpha value is -2.16. The Balaban J connectivity index is 2.93. The first-order chi connectivity index (χ1) is 11.3. The average Bonchev–Trinajstić information content (AvgIpc) is 2.57. The quantitative estimate of drug-likeness (QED) is 0.668. The predicted molar refractivity (Wildman–Crippen MR) is 85.7 cm³/mol. The standard InChI is InChI=1S/C15H26N4O5/c1-11-15(23)16-9-14(22)18(3)8-7-17(2)12(20)5-6-13(21)19(11)10-24-4/h11H,5-10H2,1-4H3,(H,16,23). The molecule has 24 heavy (non-hydrogen) atoms. The van der Waals surface area contributed by atoms with Crippen molar-refractivity contribution in [3.63, 3.8) is 0 Å². The molecular weight excluding hydrogens is 316 g/mol. The summed E-state index contributed by atoms with van der Waals surface area (Å²) in [5, 5.41) is 2.54. The summed E-state index contributed by atoms with van der Waals surface area (Å²) in [6.45, 7) is 2.05. The number of nitrogens with one attached hydrogen (secondary N) is 1. The van der Waals surface area contributed by atoms with E-state index in [-0.39, 0.29) is 43.8 Å². The van der Waals surface area contributed by atoms with E-state index in [1.54, 1.807) is 21.0 Å². The van der Waals surface area contributed by atoms with Gasteiger partial charge in [0.2, 0.25) is 23.6 Å². The van der Waals surface area contributed by atoms with E-state index in [2.05, 4.69) is 5.32 Å². The molecule has 1 rings (SSSR count). The second-order valence-corrected chi connectivity index (χ2v) is 5.81. The Labute approximate surface area is 141 Å². The van der Waals surface area contributed by atoms with E-state index in [0.717, 1.165) is 0 Å². The lowest BCUT2D eigenvalue weighted by molar-refractivity contribution is -0.147. The number of nitrogens with zero attached hydrogens (tertiary/aromatic N) is 3. The number of rotatable bonds is 2. The van der Waals surface area contributed by atoms with Gasteiger partial charge in [0.25, 0.3) is 0 Å². The van der Waals surface area contributed by atoms with Crippen LogP contribution in [0.4, 0.5) is 0 Å². The highest BCUT2D eigenvalue weighted by molar-refractivity contribution is 5.91. The van der Waals surface area contributed by atoms with Gasteiger partial charge < -0.3 is 24.8 Å². The molecule has 1 N–H and O–H groups in total. The third kappa shape index (κ3) is 5.48. The molecule has 0 bridgehead atoms. The highest BCUT2D eigenvalue weighted by Gasteiger charge is 2.27. The van der Waals surface area contributed by atoms with Crippen molar-refractivity contribution in [2.24, 2.45) is 0 Å². The lowest BCUT2D eigenvalue weighted by Crippen LogP contribution is -2.51. The summed E-state index contributed by atoms with van der Waals surface area (Å²) in [6, 6.07) is -0.800. The first kappa shape index (κ1) is 19.9. The Morgan fingerprint density at radius 1 is 1.00 bits per heavy atom. The molecule has 1 fully saturated rings. The van der Waals surface area contributed by atoms with Crippen molar-refractivity contribution < 1.29 is 23.9 Å². The van der Waals surface area contributed by atoms with E-state index in [9.17, 15) is 19.2 Å². The summed E-state index contributed by atoms with van der Waals surface area (Å²) in [5.74, 6) is -1.24. The summed E-state index contributed by atoms with van der Waals surface area (Å²) in [4.78, 5) is 52.8. The summed E-state index contributed by atoms with van der Waals surface area (Å²) in [5.41, 5.74) is 0. The molecule has 0 aromatic carbocycles. The molecule has 1 atom stereocenters. The molecule has 4 amide bonds. The van der Waals surface area contributed by atoms with Crippen molar-refractivity contribution in [3.05, 3.63) is 0 Å². The number of carbonyl (C=O) groups is 4. The van der Waals surface area contributed by atoms with Gasteiger partial charge in [0.1, 0.15) is 12.8 Å². The van der Waals surface area contributed by atoms with Crippen LogP contribution in [-0.4, -0.2) is 91.9 Å². The molecular formula is C15H26N4O5. The van der Waals surface area contributed by atoms with E-state index in [4.69, 9.17) is 4.74 Å². The fourth-order valence-electron chi connectivity index (χ4n) is 2.22. The van der Waals surface area contributed by atoms with Crippen molar-refractivity contribution in [3.8, 4) is 0 Å². The highest BCUT2D eigenvalue weighted by atomic mass is 16.5. The molecule has 0 aromatic heterocycles. The largest absolute Gasteiger partial charge is 0.364 e. The molecule has 1 saturated heterocycles. The summed E-state index contributed by atoms with van der Waals surface area (Å²) in [6.07, 6.45) is 0.0421. The zero-order valence-electron chi connectivity index (χ0n) is 14.7. The first-order valence-electron chi connectivity index (χ1n) is 7.82. The van der Waals surface area contributed by atoms with Crippen molar-refractivity contribution >= 4 is 23.6 Å². The third-order valence-corrected chi connectivity index (χ3v) is 4.02. The summed E-state index contributed by atoms with van der Waals surface area (Å²) >= 11 is 0. The number of carbonyl (C=O) groups excluding carboxylic acids is 4. The van der Waals surface area contributed by atoms with E-state index in [1.165, 1.54) is 21.8 Å². The second-order valence-electron chi connectivity index (χ2n) is 5.81. The van der Waals surface area contributed by atoms with E-state index < -0.39 is 11.9 Å². The molecule has 0 spiro atoms. The minimum Gasteiger partial charge on any atom is -0.364 e. The van der Waals surface area contributed by atoms with Crippen molar-refractivity contribution in [2.75, 3.05) is 47.6 Å². The molecule has 136 valence electrons. The summed E-state index contributed by atoms with van der Waals surface area (Å²) in [7, 11) is 4.66. The van der Waals surface area contributed by atoms with Gasteiger partial charge in [-0.2, -0.15) is 0 Å². The van der Waals surface area contributed by atoms with Gasteiger partial charge in [-0.05, 0) is 6.92 Å². The van der Waals surface area contributed by atoms with Gasteiger partial charge in [-0.1, -0.05) is 0 Å². The normalized spacial score (nSPS) is 22.5. The smallest absolute Gasteiger partial charge is 0.243 e. The molecule has 9 heteroatoms. The molecule has 1 unspecified atom stereocenters. The fraction of sp³-hybridized carbons (Fsp3) is 0.733. The minimum absolute atomic E-state index is 0.00107. The van der Waals surface area contributed by atoms with Crippen molar-refractivity contribution in [1.82, 2.24) is 20.0 Å². The van der Waals surface area contributed by atoms with Crippen LogP contribution >= 0.6 is 0 Å². The maximum Gasteiger partial charge on any atom is 0.243 e. The monoisotopic (exact) mass is 342 g/mol. The zero-order valence-corrected chi connectivity index (χ0v) is 14.7. The molecule has 1 heterocycles. The highest BCUT2D eigenvalue weighted by Crippen LogP contribution is 2.07.